The van der Waals surface area contributed by atoms with Crippen molar-refractivity contribution in [2.45, 2.75) is 12.2 Å². The van der Waals surface area contributed by atoms with Gasteiger partial charge in [0.1, 0.15) is 0 Å². The number of hydrogen-bond donors (Lipinski definition) is 4. The Kier molecular flexibility index (Phi) is 8.47. The molecule has 0 bridgehead atoms. The van der Waals surface area contributed by atoms with Crippen LogP contribution in [0.25, 0.3) is 0 Å². The molecule has 0 aliphatic rings. The van der Waals surface area contributed by atoms with Crippen molar-refractivity contribution in [1.29, 1.82) is 0 Å². The van der Waals surface area contributed by atoms with Crippen molar-refractivity contribution in [2.75, 3.05) is 5.75 Å². The molecule has 0 aliphatic carbocycles. The Morgan fingerprint density at radius 1 is 1.45 bits per heavy atom. The molecule has 10 nitrogen and oxygen atoms in total. The highest BCUT2D eigenvalue weighted by Gasteiger charge is 2.12. The first kappa shape index (κ1) is 20.7. The highest BCUT2D eigenvalue weighted by Crippen LogP contribution is 2.19. The van der Waals surface area contributed by atoms with Gasteiger partial charge in [-0.2, -0.15) is 13.4 Å². The second kappa shape index (κ2) is 8.99. The molecule has 1 rings (SSSR count). The number of carbonyl (C=O) groups excluding carboxylic acids is 1. The molecule has 1 aromatic heterocycles. The molecule has 14 heteroatoms. The molecule has 0 saturated carbocycles. The Bertz CT molecular complexity index is 669. The molecular formula is C8H15ClN6O4S3. The van der Waals surface area contributed by atoms with Gasteiger partial charge in [0.2, 0.25) is 11.0 Å². The zero-order valence-corrected chi connectivity index (χ0v) is 14.4. The lowest BCUT2D eigenvalue weighted by Crippen LogP contribution is -2.36. The molecule has 0 saturated heterocycles. The van der Waals surface area contributed by atoms with Gasteiger partial charge in [0.25, 0.3) is 10.2 Å². The first-order valence-electron chi connectivity index (χ1n) is 5.38. The quantitative estimate of drug-likeness (QED) is 0.320. The predicted molar refractivity (Wildman–Crippen MR) is 87.4 cm³/mol. The number of hydrogen-bond acceptors (Lipinski definition) is 7. The number of nitrogens with zero attached hydrogens (tertiary/aromatic N) is 2. The van der Waals surface area contributed by atoms with Gasteiger partial charge in [0, 0.05) is 28.4 Å². The van der Waals surface area contributed by atoms with Crippen molar-refractivity contribution >= 4 is 61.8 Å². The van der Waals surface area contributed by atoms with Gasteiger partial charge in [-0.05, 0) is 0 Å². The van der Waals surface area contributed by atoms with Crippen molar-refractivity contribution in [1.82, 2.24) is 9.71 Å². The van der Waals surface area contributed by atoms with Gasteiger partial charge in [-0.1, -0.05) is 0 Å². The van der Waals surface area contributed by atoms with Crippen LogP contribution in [0.2, 0.25) is 0 Å². The van der Waals surface area contributed by atoms with Crippen LogP contribution < -0.4 is 21.3 Å². The fourth-order valence-corrected chi connectivity index (χ4v) is 3.44. The standard InChI is InChI=1S/C8H14N6O4S3.ClH/c9-7(10)13-8-12-5(3-19-8)4-20(16)2-1-6(15)14-21(11,17)18;/h3H,1-2,4H2,(H,14,15)(H2,11,17,18)(H4,9,10,12,13);1H. The summed E-state index contributed by atoms with van der Waals surface area (Å²) in [7, 11) is -5.47. The van der Waals surface area contributed by atoms with Gasteiger partial charge in [0.05, 0.1) is 11.4 Å². The van der Waals surface area contributed by atoms with Crippen LogP contribution >= 0.6 is 23.7 Å². The summed E-state index contributed by atoms with van der Waals surface area (Å²) in [6.07, 6.45) is -0.228. The van der Waals surface area contributed by atoms with E-state index in [9.17, 15) is 17.4 Å². The Morgan fingerprint density at radius 2 is 2.09 bits per heavy atom. The van der Waals surface area contributed by atoms with E-state index in [1.807, 2.05) is 0 Å². The van der Waals surface area contributed by atoms with E-state index < -0.39 is 26.9 Å². The van der Waals surface area contributed by atoms with Crippen LogP contribution in [0, 0.1) is 0 Å². The van der Waals surface area contributed by atoms with E-state index in [0.717, 1.165) is 0 Å². The minimum absolute atomic E-state index is 0. The largest absolute Gasteiger partial charge is 0.370 e. The molecule has 22 heavy (non-hydrogen) atoms. The monoisotopic (exact) mass is 390 g/mol. The van der Waals surface area contributed by atoms with Crippen LogP contribution in [0.15, 0.2) is 10.4 Å². The predicted octanol–water partition coefficient (Wildman–Crippen LogP) is -1.57. The van der Waals surface area contributed by atoms with Gasteiger partial charge in [-0.25, -0.2) is 14.8 Å². The van der Waals surface area contributed by atoms with E-state index in [-0.39, 0.29) is 36.3 Å². The number of halogens is 1. The molecule has 1 heterocycles. The van der Waals surface area contributed by atoms with Gasteiger partial charge in [-0.3, -0.25) is 9.00 Å². The van der Waals surface area contributed by atoms with E-state index in [1.54, 1.807) is 10.1 Å². The second-order valence-electron chi connectivity index (χ2n) is 3.77. The highest BCUT2D eigenvalue weighted by atomic mass is 35.5. The molecule has 0 radical (unpaired) electrons. The van der Waals surface area contributed by atoms with E-state index in [2.05, 4.69) is 15.1 Å². The fourth-order valence-electron chi connectivity index (χ4n) is 1.18. The lowest BCUT2D eigenvalue weighted by Gasteiger charge is -2.02. The molecular weight excluding hydrogens is 376 g/mol. The van der Waals surface area contributed by atoms with E-state index in [4.69, 9.17) is 11.5 Å². The second-order valence-corrected chi connectivity index (χ2v) is 7.47. The Labute approximate surface area is 139 Å². The van der Waals surface area contributed by atoms with Gasteiger partial charge in [-0.15, -0.1) is 23.7 Å². The molecule has 1 amide bonds. The molecule has 1 unspecified atom stereocenters. The number of aromatic nitrogens is 1. The van der Waals surface area contributed by atoms with Crippen molar-refractivity contribution in [2.24, 2.45) is 21.6 Å². The van der Waals surface area contributed by atoms with Gasteiger partial charge in [0.15, 0.2) is 5.96 Å². The first-order chi connectivity index (χ1) is 9.65. The number of thiazole rings is 1. The van der Waals surface area contributed by atoms with Crippen LogP contribution in [0.3, 0.4) is 0 Å². The SMILES string of the molecule is Cl.NC(N)=Nc1nc(CS(=O)CCC(=O)NS(N)(=O)=O)cs1. The average Bonchev–Trinajstić information content (AvgIpc) is 2.70. The zero-order valence-electron chi connectivity index (χ0n) is 11.1. The maximum absolute atomic E-state index is 11.7. The number of nitrogens with one attached hydrogen (secondary N) is 1. The third-order valence-corrected chi connectivity index (χ3v) is 4.46. The van der Waals surface area contributed by atoms with Crippen LogP contribution in [0.1, 0.15) is 12.1 Å². The summed E-state index contributed by atoms with van der Waals surface area (Å²) in [4.78, 5) is 19.0. The lowest BCUT2D eigenvalue weighted by atomic mass is 10.5. The molecule has 0 aromatic carbocycles. The maximum atomic E-state index is 11.7. The molecule has 1 atom stereocenters. The van der Waals surface area contributed by atoms with Crippen LogP contribution in [0.5, 0.6) is 0 Å². The number of amides is 1. The summed E-state index contributed by atoms with van der Waals surface area (Å²) in [6.45, 7) is 0. The maximum Gasteiger partial charge on any atom is 0.298 e. The minimum Gasteiger partial charge on any atom is -0.370 e. The first-order valence-corrected chi connectivity index (χ1v) is 9.29. The van der Waals surface area contributed by atoms with Crippen molar-refractivity contribution in [3.05, 3.63) is 11.1 Å². The summed E-state index contributed by atoms with van der Waals surface area (Å²) in [5.41, 5.74) is 10.9. The Morgan fingerprint density at radius 3 is 2.64 bits per heavy atom. The number of aliphatic imine (C=N–C) groups is 1. The summed E-state index contributed by atoms with van der Waals surface area (Å²) in [6, 6.07) is 0. The molecule has 1 aromatic rings. The fraction of sp³-hybridized carbons (Fsp3) is 0.375. The summed E-state index contributed by atoms with van der Waals surface area (Å²) >= 11 is 1.18. The van der Waals surface area contributed by atoms with E-state index in [0.29, 0.717) is 10.8 Å². The summed E-state index contributed by atoms with van der Waals surface area (Å²) in [5.74, 6) is -0.850. The van der Waals surface area contributed by atoms with Crippen molar-refractivity contribution in [3.63, 3.8) is 0 Å². The number of carbonyl (C=O) groups is 1. The van der Waals surface area contributed by atoms with E-state index >= 15 is 0 Å². The van der Waals surface area contributed by atoms with Crippen LogP contribution in [0.4, 0.5) is 5.13 Å². The summed E-state index contributed by atoms with van der Waals surface area (Å²) in [5, 5.41) is 6.62. The van der Waals surface area contributed by atoms with Gasteiger partial charge >= 0.3 is 0 Å². The number of nitrogens with two attached hydrogens (primary N) is 3. The number of rotatable bonds is 7. The molecule has 7 N–H and O–H groups in total. The van der Waals surface area contributed by atoms with Crippen molar-refractivity contribution < 1.29 is 17.4 Å². The van der Waals surface area contributed by atoms with E-state index in [1.165, 1.54) is 11.3 Å². The van der Waals surface area contributed by atoms with Crippen LogP contribution in [-0.2, 0) is 31.6 Å². The molecule has 0 spiro atoms. The average molecular weight is 391 g/mol. The Balaban J connectivity index is 0.00000441. The molecule has 0 aliphatic heterocycles. The Hall–Kier alpha value is -1.28. The number of guanidine groups is 1. The van der Waals surface area contributed by atoms with Gasteiger partial charge < -0.3 is 11.5 Å². The third-order valence-electron chi connectivity index (χ3n) is 1.89. The third kappa shape index (κ3) is 8.89. The smallest absolute Gasteiger partial charge is 0.298 e. The van der Waals surface area contributed by atoms with Crippen molar-refractivity contribution in [3.8, 4) is 0 Å². The summed E-state index contributed by atoms with van der Waals surface area (Å²) < 4.78 is 34.5. The topological polar surface area (TPSA) is 184 Å². The highest BCUT2D eigenvalue weighted by molar-refractivity contribution is 7.87. The minimum atomic E-state index is -4.09. The molecule has 0 fully saturated rings. The van der Waals surface area contributed by atoms with Crippen LogP contribution in [-0.4, -0.2) is 35.2 Å². The lowest BCUT2D eigenvalue weighted by molar-refractivity contribution is -0.118. The zero-order chi connectivity index (χ0) is 16.0. The molecule has 126 valence electrons. The normalized spacial score (nSPS) is 12.0.